The van der Waals surface area contributed by atoms with Gasteiger partial charge in [0.25, 0.3) is 0 Å². The summed E-state index contributed by atoms with van der Waals surface area (Å²) in [4.78, 5) is 25.1. The minimum absolute atomic E-state index is 0.0259. The quantitative estimate of drug-likeness (QED) is 0.562. The molecule has 1 fully saturated rings. The molecular formula is C26H32N4O2. The second-order valence-electron chi connectivity index (χ2n) is 9.40. The molecular weight excluding hydrogens is 400 g/mol. The molecule has 0 spiro atoms. The fraction of sp³-hybridized carbons (Fsp3) is 0.462. The average Bonchev–Trinajstić information content (AvgIpc) is 3.39. The highest BCUT2D eigenvalue weighted by molar-refractivity contribution is 5.84. The minimum atomic E-state index is -0.286. The van der Waals surface area contributed by atoms with E-state index in [0.29, 0.717) is 11.7 Å². The van der Waals surface area contributed by atoms with Crippen molar-refractivity contribution in [1.82, 2.24) is 19.9 Å². The summed E-state index contributed by atoms with van der Waals surface area (Å²) in [5, 5.41) is 11.8. The third-order valence-electron chi connectivity index (χ3n) is 6.46. The molecule has 0 unspecified atom stereocenters. The van der Waals surface area contributed by atoms with Gasteiger partial charge in [-0.25, -0.2) is 0 Å². The maximum absolute atomic E-state index is 13.2. The predicted octanol–water partition coefficient (Wildman–Crippen LogP) is 4.65. The molecule has 3 atom stereocenters. The highest BCUT2D eigenvalue weighted by Gasteiger charge is 2.26. The van der Waals surface area contributed by atoms with Crippen LogP contribution in [0, 0.1) is 11.8 Å². The lowest BCUT2D eigenvalue weighted by Gasteiger charge is -2.22. The Morgan fingerprint density at radius 2 is 1.91 bits per heavy atom. The zero-order valence-corrected chi connectivity index (χ0v) is 19.1. The smallest absolute Gasteiger partial charge is 0.227 e. The normalized spacial score (nSPS) is 18.2. The fourth-order valence-corrected chi connectivity index (χ4v) is 4.58. The van der Waals surface area contributed by atoms with Crippen molar-refractivity contribution in [2.75, 3.05) is 0 Å². The van der Waals surface area contributed by atoms with Crippen molar-refractivity contribution in [2.24, 2.45) is 11.8 Å². The second kappa shape index (κ2) is 9.63. The molecule has 2 heterocycles. The van der Waals surface area contributed by atoms with Gasteiger partial charge in [-0.1, -0.05) is 44.2 Å². The number of hydrogen-bond acceptors (Lipinski definition) is 4. The number of rotatable bonds is 8. The second-order valence-corrected chi connectivity index (χ2v) is 9.40. The molecule has 4 rings (SSSR count). The van der Waals surface area contributed by atoms with Crippen LogP contribution in [-0.4, -0.2) is 26.3 Å². The zero-order valence-electron chi connectivity index (χ0n) is 19.1. The largest absolute Gasteiger partial charge is 0.346 e. The van der Waals surface area contributed by atoms with Crippen molar-refractivity contribution in [3.8, 4) is 0 Å². The van der Waals surface area contributed by atoms with E-state index in [1.165, 1.54) is 0 Å². The van der Waals surface area contributed by atoms with E-state index >= 15 is 0 Å². The van der Waals surface area contributed by atoms with Crippen LogP contribution >= 0.6 is 0 Å². The van der Waals surface area contributed by atoms with Crippen LogP contribution in [0.2, 0.25) is 0 Å². The van der Waals surface area contributed by atoms with E-state index in [9.17, 15) is 9.59 Å². The van der Waals surface area contributed by atoms with Gasteiger partial charge in [-0.15, -0.1) is 10.2 Å². The molecule has 0 bridgehead atoms. The standard InChI is InChI=1S/C26H32N4O2/c1-17(2)15-22(25-29-28-24-9-4-5-14-30(24)25)27-26(32)18(3)20-12-10-19(11-13-20)16-21-7-6-8-23(21)31/h4-5,9-14,17-18,21-22H,6-8,15-16H2,1-3H3,(H,27,32)/t18-,21+,22+/m1/s1. The van der Waals surface area contributed by atoms with E-state index in [1.54, 1.807) is 0 Å². The maximum Gasteiger partial charge on any atom is 0.227 e. The number of nitrogens with one attached hydrogen (secondary N) is 1. The Bertz CT molecular complexity index is 1090. The van der Waals surface area contributed by atoms with Gasteiger partial charge in [-0.05, 0) is 61.8 Å². The molecule has 0 radical (unpaired) electrons. The Balaban J connectivity index is 1.46. The zero-order chi connectivity index (χ0) is 22.7. The summed E-state index contributed by atoms with van der Waals surface area (Å²) in [5.41, 5.74) is 2.91. The van der Waals surface area contributed by atoms with Crippen molar-refractivity contribution in [2.45, 2.75) is 64.8 Å². The topological polar surface area (TPSA) is 76.4 Å². The van der Waals surface area contributed by atoms with Crippen LogP contribution in [0.4, 0.5) is 0 Å². The Kier molecular flexibility index (Phi) is 6.68. The number of aromatic nitrogens is 3. The van der Waals surface area contributed by atoms with Crippen LogP contribution in [0.25, 0.3) is 5.65 Å². The predicted molar refractivity (Wildman–Crippen MR) is 124 cm³/mol. The number of Topliss-reactive ketones (excluding diaryl/α,β-unsaturated/α-hetero) is 1. The van der Waals surface area contributed by atoms with Gasteiger partial charge in [0.15, 0.2) is 11.5 Å². The Morgan fingerprint density at radius 3 is 2.59 bits per heavy atom. The lowest BCUT2D eigenvalue weighted by atomic mass is 9.93. The summed E-state index contributed by atoms with van der Waals surface area (Å²) >= 11 is 0. The summed E-state index contributed by atoms with van der Waals surface area (Å²) in [6.45, 7) is 6.21. The summed E-state index contributed by atoms with van der Waals surface area (Å²) in [7, 11) is 0. The van der Waals surface area contributed by atoms with E-state index in [2.05, 4.69) is 41.5 Å². The molecule has 2 aromatic heterocycles. The number of nitrogens with zero attached hydrogens (tertiary/aromatic N) is 3. The number of pyridine rings is 1. The number of carbonyl (C=O) groups is 2. The first-order valence-corrected chi connectivity index (χ1v) is 11.6. The molecule has 1 aromatic carbocycles. The number of carbonyl (C=O) groups excluding carboxylic acids is 2. The Labute approximate surface area is 189 Å². The van der Waals surface area contributed by atoms with Gasteiger partial charge in [0.1, 0.15) is 5.78 Å². The van der Waals surface area contributed by atoms with Gasteiger partial charge in [0.2, 0.25) is 5.91 Å². The van der Waals surface area contributed by atoms with E-state index < -0.39 is 0 Å². The van der Waals surface area contributed by atoms with Gasteiger partial charge >= 0.3 is 0 Å². The van der Waals surface area contributed by atoms with Crippen LogP contribution in [0.3, 0.4) is 0 Å². The van der Waals surface area contributed by atoms with Crippen LogP contribution in [0.1, 0.15) is 75.4 Å². The molecule has 0 aliphatic heterocycles. The van der Waals surface area contributed by atoms with Gasteiger partial charge in [-0.2, -0.15) is 0 Å². The molecule has 6 nitrogen and oxygen atoms in total. The molecule has 1 aliphatic carbocycles. The molecule has 1 aliphatic rings. The number of fused-ring (bicyclic) bond motifs is 1. The van der Waals surface area contributed by atoms with Crippen LogP contribution in [0.15, 0.2) is 48.7 Å². The molecule has 1 N–H and O–H groups in total. The number of ketones is 1. The fourth-order valence-electron chi connectivity index (χ4n) is 4.58. The van der Waals surface area contributed by atoms with Crippen LogP contribution in [0.5, 0.6) is 0 Å². The Hall–Kier alpha value is -3.02. The maximum atomic E-state index is 13.2. The summed E-state index contributed by atoms with van der Waals surface area (Å²) in [5.74, 6) is 1.39. The monoisotopic (exact) mass is 432 g/mol. The third kappa shape index (κ3) is 4.90. The van der Waals surface area contributed by atoms with Crippen LogP contribution in [-0.2, 0) is 16.0 Å². The highest BCUT2D eigenvalue weighted by Crippen LogP contribution is 2.27. The van der Waals surface area contributed by atoms with Gasteiger partial charge < -0.3 is 5.32 Å². The van der Waals surface area contributed by atoms with Crippen molar-refractivity contribution in [3.05, 3.63) is 65.6 Å². The highest BCUT2D eigenvalue weighted by atomic mass is 16.2. The molecule has 168 valence electrons. The van der Waals surface area contributed by atoms with Gasteiger partial charge in [0, 0.05) is 18.5 Å². The molecule has 6 heteroatoms. The molecule has 32 heavy (non-hydrogen) atoms. The molecule has 3 aromatic rings. The van der Waals surface area contributed by atoms with E-state index in [-0.39, 0.29) is 23.8 Å². The Morgan fingerprint density at radius 1 is 1.12 bits per heavy atom. The van der Waals surface area contributed by atoms with Crippen molar-refractivity contribution >= 4 is 17.3 Å². The lowest BCUT2D eigenvalue weighted by molar-refractivity contribution is -0.123. The average molecular weight is 433 g/mol. The molecule has 0 saturated heterocycles. The third-order valence-corrected chi connectivity index (χ3v) is 6.46. The first kappa shape index (κ1) is 22.2. The first-order chi connectivity index (χ1) is 15.4. The van der Waals surface area contributed by atoms with E-state index in [1.807, 2.05) is 47.9 Å². The number of benzene rings is 1. The molecule has 1 saturated carbocycles. The number of hydrogen-bond donors (Lipinski definition) is 1. The van der Waals surface area contributed by atoms with Crippen molar-refractivity contribution in [1.29, 1.82) is 0 Å². The van der Waals surface area contributed by atoms with Crippen molar-refractivity contribution in [3.63, 3.8) is 0 Å². The van der Waals surface area contributed by atoms with Crippen LogP contribution < -0.4 is 5.32 Å². The summed E-state index contributed by atoms with van der Waals surface area (Å²) in [6.07, 6.45) is 6.24. The van der Waals surface area contributed by atoms with E-state index in [4.69, 9.17) is 0 Å². The lowest BCUT2D eigenvalue weighted by Crippen LogP contribution is -2.33. The summed E-state index contributed by atoms with van der Waals surface area (Å²) in [6, 6.07) is 13.7. The van der Waals surface area contributed by atoms with Crippen molar-refractivity contribution < 1.29 is 9.59 Å². The number of amides is 1. The first-order valence-electron chi connectivity index (χ1n) is 11.6. The summed E-state index contributed by atoms with van der Waals surface area (Å²) < 4.78 is 1.94. The van der Waals surface area contributed by atoms with Gasteiger partial charge in [0.05, 0.1) is 12.0 Å². The van der Waals surface area contributed by atoms with E-state index in [0.717, 1.165) is 54.7 Å². The SMILES string of the molecule is CC(C)C[C@H](NC(=O)[C@H](C)c1ccc(C[C@@H]2CCCC2=O)cc1)c1nnc2ccccn12. The van der Waals surface area contributed by atoms with Gasteiger partial charge in [-0.3, -0.25) is 14.0 Å². The minimum Gasteiger partial charge on any atom is -0.346 e. The molecule has 1 amide bonds.